The number of nitrogens with zero attached hydrogens (tertiary/aromatic N) is 3. The summed E-state index contributed by atoms with van der Waals surface area (Å²) in [5.74, 6) is 0.0293. The third-order valence-electron chi connectivity index (χ3n) is 5.64. The number of rotatable bonds is 4. The molecule has 4 rings (SSSR count). The predicted molar refractivity (Wildman–Crippen MR) is 119 cm³/mol. The summed E-state index contributed by atoms with van der Waals surface area (Å²) in [7, 11) is -2.17. The standard InChI is InChI=1S/C23H24FN3O4S/c1-16-21(14-17-4-7-19(31-2)15-22(17)25-16)23(28)26-10-3-11-27(13-12-26)32(29,30)20-8-5-18(24)6-9-20/h4-9,14-15H,3,10-13H2,1-2H3. The van der Waals surface area contributed by atoms with Crippen LogP contribution >= 0.6 is 0 Å². The van der Waals surface area contributed by atoms with E-state index in [2.05, 4.69) is 4.98 Å². The first-order chi connectivity index (χ1) is 15.3. The topological polar surface area (TPSA) is 79.8 Å². The van der Waals surface area contributed by atoms with Gasteiger partial charge in [0.15, 0.2) is 0 Å². The monoisotopic (exact) mass is 457 g/mol. The Labute approximate surface area is 186 Å². The zero-order valence-electron chi connectivity index (χ0n) is 17.9. The summed E-state index contributed by atoms with van der Waals surface area (Å²) in [6, 6.07) is 12.1. The molecule has 168 valence electrons. The number of fused-ring (bicyclic) bond motifs is 1. The van der Waals surface area contributed by atoms with Crippen molar-refractivity contribution in [2.75, 3.05) is 33.3 Å². The number of benzene rings is 2. The van der Waals surface area contributed by atoms with E-state index < -0.39 is 15.8 Å². The van der Waals surface area contributed by atoms with Crippen LogP contribution in [0, 0.1) is 12.7 Å². The summed E-state index contributed by atoms with van der Waals surface area (Å²) in [5.41, 5.74) is 1.85. The fourth-order valence-electron chi connectivity index (χ4n) is 3.85. The second-order valence-corrected chi connectivity index (χ2v) is 9.62. The van der Waals surface area contributed by atoms with E-state index in [1.807, 2.05) is 24.3 Å². The number of aryl methyl sites for hydroxylation is 1. The van der Waals surface area contributed by atoms with Gasteiger partial charge in [0.25, 0.3) is 5.91 Å². The molecule has 1 saturated heterocycles. The molecule has 1 amide bonds. The lowest BCUT2D eigenvalue weighted by atomic mass is 10.1. The van der Waals surface area contributed by atoms with Crippen molar-refractivity contribution in [2.45, 2.75) is 18.2 Å². The summed E-state index contributed by atoms with van der Waals surface area (Å²) in [6.07, 6.45) is 0.503. The van der Waals surface area contributed by atoms with Crippen molar-refractivity contribution < 1.29 is 22.3 Å². The fraction of sp³-hybridized carbons (Fsp3) is 0.304. The van der Waals surface area contributed by atoms with Gasteiger partial charge in [0.05, 0.1) is 28.8 Å². The number of aromatic nitrogens is 1. The Morgan fingerprint density at radius 2 is 1.78 bits per heavy atom. The molecule has 2 heterocycles. The Morgan fingerprint density at radius 1 is 1.03 bits per heavy atom. The van der Waals surface area contributed by atoms with Crippen LogP contribution in [-0.4, -0.2) is 61.8 Å². The minimum Gasteiger partial charge on any atom is -0.497 e. The van der Waals surface area contributed by atoms with Gasteiger partial charge in [-0.1, -0.05) is 0 Å². The quantitative estimate of drug-likeness (QED) is 0.601. The van der Waals surface area contributed by atoms with Crippen LogP contribution in [0.15, 0.2) is 53.4 Å². The maximum absolute atomic E-state index is 13.3. The van der Waals surface area contributed by atoms with Crippen molar-refractivity contribution in [1.82, 2.24) is 14.2 Å². The number of methoxy groups -OCH3 is 1. The molecular weight excluding hydrogens is 433 g/mol. The highest BCUT2D eigenvalue weighted by molar-refractivity contribution is 7.89. The second kappa shape index (κ2) is 8.84. The summed E-state index contributed by atoms with van der Waals surface area (Å²) < 4.78 is 45.6. The van der Waals surface area contributed by atoms with Crippen LogP contribution in [0.3, 0.4) is 0 Å². The molecule has 0 unspecified atom stereocenters. The van der Waals surface area contributed by atoms with E-state index in [-0.39, 0.29) is 30.4 Å². The number of pyridine rings is 1. The van der Waals surface area contributed by atoms with E-state index in [0.29, 0.717) is 30.0 Å². The van der Waals surface area contributed by atoms with Gasteiger partial charge < -0.3 is 9.64 Å². The highest BCUT2D eigenvalue weighted by Gasteiger charge is 2.29. The molecule has 0 atom stereocenters. The molecule has 0 spiro atoms. The first-order valence-electron chi connectivity index (χ1n) is 10.3. The van der Waals surface area contributed by atoms with E-state index in [1.165, 1.54) is 16.4 Å². The molecule has 1 aliphatic rings. The number of carbonyl (C=O) groups excluding carboxylic acids is 1. The van der Waals surface area contributed by atoms with Gasteiger partial charge in [-0.2, -0.15) is 4.31 Å². The van der Waals surface area contributed by atoms with Crippen molar-refractivity contribution in [3.63, 3.8) is 0 Å². The molecule has 0 saturated carbocycles. The molecule has 1 aromatic heterocycles. The molecule has 1 aliphatic heterocycles. The molecule has 9 heteroatoms. The lowest BCUT2D eigenvalue weighted by molar-refractivity contribution is 0.0763. The molecular formula is C23H24FN3O4S. The lowest BCUT2D eigenvalue weighted by Crippen LogP contribution is -2.37. The molecule has 32 heavy (non-hydrogen) atoms. The molecule has 0 bridgehead atoms. The van der Waals surface area contributed by atoms with Gasteiger partial charge in [-0.25, -0.2) is 12.8 Å². The van der Waals surface area contributed by atoms with Gasteiger partial charge in [-0.15, -0.1) is 0 Å². The number of sulfonamides is 1. The number of carbonyl (C=O) groups is 1. The molecule has 7 nitrogen and oxygen atoms in total. The molecule has 2 aromatic carbocycles. The van der Waals surface area contributed by atoms with Gasteiger partial charge in [0, 0.05) is 37.6 Å². The van der Waals surface area contributed by atoms with Gasteiger partial charge >= 0.3 is 0 Å². The summed E-state index contributed by atoms with van der Waals surface area (Å²) >= 11 is 0. The van der Waals surface area contributed by atoms with Crippen LogP contribution in [-0.2, 0) is 10.0 Å². The Morgan fingerprint density at radius 3 is 2.50 bits per heavy atom. The largest absolute Gasteiger partial charge is 0.497 e. The van der Waals surface area contributed by atoms with Crippen LogP contribution in [0.5, 0.6) is 5.75 Å². The maximum Gasteiger partial charge on any atom is 0.255 e. The number of hydrogen-bond donors (Lipinski definition) is 0. The summed E-state index contributed by atoms with van der Waals surface area (Å²) in [4.78, 5) is 19.5. The Hall–Kier alpha value is -3.04. The SMILES string of the molecule is COc1ccc2cc(C(=O)N3CCCN(S(=O)(=O)c4ccc(F)cc4)CC3)c(C)nc2c1. The minimum atomic E-state index is -3.76. The summed E-state index contributed by atoms with van der Waals surface area (Å²) in [6.45, 7) is 2.95. The van der Waals surface area contributed by atoms with Crippen LogP contribution in [0.4, 0.5) is 4.39 Å². The van der Waals surface area contributed by atoms with Crippen molar-refractivity contribution in [3.8, 4) is 5.75 Å². The van der Waals surface area contributed by atoms with E-state index in [9.17, 15) is 17.6 Å². The van der Waals surface area contributed by atoms with E-state index in [4.69, 9.17) is 4.74 Å². The molecule has 3 aromatic rings. The van der Waals surface area contributed by atoms with E-state index in [0.717, 1.165) is 23.0 Å². The minimum absolute atomic E-state index is 0.0451. The normalized spacial score (nSPS) is 15.5. The van der Waals surface area contributed by atoms with E-state index in [1.54, 1.807) is 18.9 Å². The zero-order valence-corrected chi connectivity index (χ0v) is 18.7. The van der Waals surface area contributed by atoms with Gasteiger partial charge in [-0.05, 0) is 55.8 Å². The van der Waals surface area contributed by atoms with Crippen LogP contribution in [0.25, 0.3) is 10.9 Å². The smallest absolute Gasteiger partial charge is 0.255 e. The van der Waals surface area contributed by atoms with Crippen molar-refractivity contribution in [3.05, 3.63) is 65.6 Å². The average Bonchev–Trinajstić information content (AvgIpc) is 3.05. The third-order valence-corrected chi connectivity index (χ3v) is 7.55. The van der Waals surface area contributed by atoms with Crippen molar-refractivity contribution in [2.24, 2.45) is 0 Å². The molecule has 0 N–H and O–H groups in total. The average molecular weight is 458 g/mol. The van der Waals surface area contributed by atoms with Crippen LogP contribution in [0.2, 0.25) is 0 Å². The molecule has 1 fully saturated rings. The predicted octanol–water partition coefficient (Wildman–Crippen LogP) is 3.23. The Balaban J connectivity index is 1.54. The van der Waals surface area contributed by atoms with E-state index >= 15 is 0 Å². The second-order valence-electron chi connectivity index (χ2n) is 7.68. The lowest BCUT2D eigenvalue weighted by Gasteiger charge is -2.22. The Kier molecular flexibility index (Phi) is 6.12. The number of halogens is 1. The number of hydrogen-bond acceptors (Lipinski definition) is 5. The third kappa shape index (κ3) is 4.31. The van der Waals surface area contributed by atoms with Gasteiger partial charge in [-0.3, -0.25) is 9.78 Å². The fourth-order valence-corrected chi connectivity index (χ4v) is 5.32. The highest BCUT2D eigenvalue weighted by Crippen LogP contribution is 2.24. The van der Waals surface area contributed by atoms with Crippen LogP contribution < -0.4 is 4.74 Å². The van der Waals surface area contributed by atoms with Crippen molar-refractivity contribution >= 4 is 26.8 Å². The molecule has 0 radical (unpaired) electrons. The van der Waals surface area contributed by atoms with Crippen molar-refractivity contribution in [1.29, 1.82) is 0 Å². The summed E-state index contributed by atoms with van der Waals surface area (Å²) in [5, 5.41) is 0.829. The maximum atomic E-state index is 13.3. The van der Waals surface area contributed by atoms with Gasteiger partial charge in [0.1, 0.15) is 11.6 Å². The first kappa shape index (κ1) is 22.2. The molecule has 0 aliphatic carbocycles. The number of ether oxygens (including phenoxy) is 1. The number of amides is 1. The van der Waals surface area contributed by atoms with Crippen LogP contribution in [0.1, 0.15) is 22.5 Å². The first-order valence-corrected chi connectivity index (χ1v) is 11.7. The Bertz CT molecular complexity index is 1260. The van der Waals surface area contributed by atoms with Gasteiger partial charge in [0.2, 0.25) is 10.0 Å². The zero-order chi connectivity index (χ0) is 22.9. The highest BCUT2D eigenvalue weighted by atomic mass is 32.2.